The number of carboxylic acid groups (broad SMARTS) is 1. The van der Waals surface area contributed by atoms with E-state index in [1.54, 1.807) is 11.0 Å². The van der Waals surface area contributed by atoms with Crippen LogP contribution in [0.1, 0.15) is 21.7 Å². The summed E-state index contributed by atoms with van der Waals surface area (Å²) in [4.78, 5) is 49.3. The Kier molecular flexibility index (Phi) is 4.93. The number of pyridine rings is 1. The summed E-state index contributed by atoms with van der Waals surface area (Å²) >= 11 is 0. The van der Waals surface area contributed by atoms with Crippen molar-refractivity contribution in [1.29, 1.82) is 0 Å². The summed E-state index contributed by atoms with van der Waals surface area (Å²) < 4.78 is 6.31. The molecule has 9 nitrogen and oxygen atoms in total. The number of rotatable bonds is 6. The van der Waals surface area contributed by atoms with Crippen LogP contribution in [-0.4, -0.2) is 27.5 Å². The molecule has 2 amide bonds. The summed E-state index contributed by atoms with van der Waals surface area (Å²) in [6.45, 7) is -0.349. The van der Waals surface area contributed by atoms with Gasteiger partial charge >= 0.3 is 5.97 Å². The Morgan fingerprint density at radius 1 is 1.10 bits per heavy atom. The fourth-order valence-electron chi connectivity index (χ4n) is 3.38. The largest absolute Gasteiger partial charge is 0.480 e. The van der Waals surface area contributed by atoms with Gasteiger partial charge < -0.3 is 24.3 Å². The molecule has 0 radical (unpaired) electrons. The van der Waals surface area contributed by atoms with Crippen molar-refractivity contribution in [2.45, 2.75) is 19.5 Å². The Hall–Kier alpha value is -4.14. The van der Waals surface area contributed by atoms with E-state index in [1.807, 2.05) is 24.3 Å². The number of carboxylic acids is 1. The second-order valence-corrected chi connectivity index (χ2v) is 6.79. The third-order valence-electron chi connectivity index (χ3n) is 4.75. The van der Waals surface area contributed by atoms with Crippen LogP contribution in [0.25, 0.3) is 0 Å². The first-order valence-corrected chi connectivity index (χ1v) is 9.10. The number of aliphatic carboxylic acids is 1. The quantitative estimate of drug-likeness (QED) is 0.643. The molecule has 0 saturated carbocycles. The van der Waals surface area contributed by atoms with Crippen molar-refractivity contribution in [2.75, 3.05) is 10.2 Å². The molecular weight excluding hydrogens is 390 g/mol. The van der Waals surface area contributed by atoms with Crippen LogP contribution in [0.3, 0.4) is 0 Å². The molecule has 0 bridgehead atoms. The van der Waals surface area contributed by atoms with E-state index in [0.29, 0.717) is 12.0 Å². The predicted molar refractivity (Wildman–Crippen MR) is 106 cm³/mol. The second kappa shape index (κ2) is 7.70. The number of nitrogens with zero attached hydrogens (tertiary/aromatic N) is 2. The third kappa shape index (κ3) is 3.72. The van der Waals surface area contributed by atoms with E-state index in [2.05, 4.69) is 5.32 Å². The van der Waals surface area contributed by atoms with Gasteiger partial charge in [-0.2, -0.15) is 0 Å². The third-order valence-corrected chi connectivity index (χ3v) is 4.75. The summed E-state index contributed by atoms with van der Waals surface area (Å²) in [5.74, 6) is -1.78. The molecule has 9 heteroatoms. The van der Waals surface area contributed by atoms with Crippen LogP contribution in [-0.2, 0) is 29.1 Å². The van der Waals surface area contributed by atoms with E-state index in [1.165, 1.54) is 24.6 Å². The van der Waals surface area contributed by atoms with E-state index >= 15 is 0 Å². The fraction of sp³-hybridized carbons (Fsp3) is 0.143. The molecule has 30 heavy (non-hydrogen) atoms. The van der Waals surface area contributed by atoms with Gasteiger partial charge in [0.15, 0.2) is 5.76 Å². The number of para-hydroxylation sites is 1. The molecule has 152 valence electrons. The summed E-state index contributed by atoms with van der Waals surface area (Å²) in [5, 5.41) is 11.5. The molecule has 0 fully saturated rings. The molecule has 0 atom stereocenters. The highest BCUT2D eigenvalue weighted by Gasteiger charge is 2.28. The van der Waals surface area contributed by atoms with Crippen molar-refractivity contribution in [1.82, 2.24) is 4.57 Å². The minimum Gasteiger partial charge on any atom is -0.480 e. The van der Waals surface area contributed by atoms with Gasteiger partial charge in [-0.3, -0.25) is 19.2 Å². The number of anilines is 2. The zero-order chi connectivity index (χ0) is 21.3. The van der Waals surface area contributed by atoms with Crippen molar-refractivity contribution in [2.24, 2.45) is 0 Å². The molecule has 0 aliphatic carbocycles. The topological polar surface area (TPSA) is 122 Å². The van der Waals surface area contributed by atoms with Gasteiger partial charge in [-0.15, -0.1) is 0 Å². The van der Waals surface area contributed by atoms with Crippen molar-refractivity contribution >= 4 is 29.2 Å². The average Bonchev–Trinajstić information content (AvgIpc) is 3.29. The Morgan fingerprint density at radius 2 is 1.90 bits per heavy atom. The lowest BCUT2D eigenvalue weighted by molar-refractivity contribution is -0.137. The molecule has 4 rings (SSSR count). The number of benzene rings is 1. The van der Waals surface area contributed by atoms with Crippen LogP contribution in [0.15, 0.2) is 64.1 Å². The minimum atomic E-state index is -1.18. The van der Waals surface area contributed by atoms with E-state index in [9.17, 15) is 19.2 Å². The van der Waals surface area contributed by atoms with Crippen molar-refractivity contribution in [3.8, 4) is 0 Å². The summed E-state index contributed by atoms with van der Waals surface area (Å²) in [6, 6.07) is 11.6. The smallest absolute Gasteiger partial charge is 0.323 e. The molecule has 3 aromatic rings. The second-order valence-electron chi connectivity index (χ2n) is 6.79. The summed E-state index contributed by atoms with van der Waals surface area (Å²) in [7, 11) is 0. The van der Waals surface area contributed by atoms with Crippen LogP contribution in [0.4, 0.5) is 11.4 Å². The number of hydrogen-bond donors (Lipinski definition) is 2. The highest BCUT2D eigenvalue weighted by molar-refractivity contribution is 6.04. The lowest BCUT2D eigenvalue weighted by atomic mass is 10.1. The van der Waals surface area contributed by atoms with Gasteiger partial charge in [0.1, 0.15) is 6.54 Å². The lowest BCUT2D eigenvalue weighted by Crippen LogP contribution is -2.27. The van der Waals surface area contributed by atoms with Gasteiger partial charge in [-0.25, -0.2) is 0 Å². The summed E-state index contributed by atoms with van der Waals surface area (Å²) in [6.07, 6.45) is 2.92. The van der Waals surface area contributed by atoms with E-state index in [4.69, 9.17) is 9.52 Å². The van der Waals surface area contributed by atoms with Gasteiger partial charge in [-0.05, 0) is 23.8 Å². The minimum absolute atomic E-state index is 0.0307. The van der Waals surface area contributed by atoms with E-state index in [0.717, 1.165) is 15.8 Å². The number of fused-ring (bicyclic) bond motifs is 1. The molecule has 3 heterocycles. The number of aromatic nitrogens is 1. The first-order chi connectivity index (χ1) is 14.4. The van der Waals surface area contributed by atoms with Crippen molar-refractivity contribution in [3.63, 3.8) is 0 Å². The number of nitrogens with one attached hydrogen (secondary N) is 1. The molecule has 0 unspecified atom stereocenters. The van der Waals surface area contributed by atoms with Gasteiger partial charge in [0, 0.05) is 23.5 Å². The maximum atomic E-state index is 12.7. The fourth-order valence-corrected chi connectivity index (χ4v) is 3.38. The Balaban J connectivity index is 1.54. The van der Waals surface area contributed by atoms with Crippen LogP contribution >= 0.6 is 0 Å². The van der Waals surface area contributed by atoms with E-state index < -0.39 is 24.0 Å². The zero-order valence-electron chi connectivity index (χ0n) is 15.7. The average molecular weight is 407 g/mol. The number of carbonyl (C=O) groups excluding carboxylic acids is 2. The first kappa shape index (κ1) is 19.2. The number of carbonyl (C=O) groups is 3. The van der Waals surface area contributed by atoms with Crippen molar-refractivity contribution in [3.05, 3.63) is 82.2 Å². The molecule has 1 aliphatic rings. The molecule has 2 N–H and O–H groups in total. The van der Waals surface area contributed by atoms with Crippen LogP contribution in [0, 0.1) is 0 Å². The predicted octanol–water partition coefficient (Wildman–Crippen LogP) is 1.87. The zero-order valence-corrected chi connectivity index (χ0v) is 15.7. The molecule has 1 aromatic carbocycles. The number of hydrogen-bond acceptors (Lipinski definition) is 5. The van der Waals surface area contributed by atoms with Gasteiger partial charge in [0.2, 0.25) is 5.91 Å². The lowest BCUT2D eigenvalue weighted by Gasteiger charge is -2.17. The Labute approximate surface area is 170 Å². The molecular formula is C21H17N3O6. The molecule has 1 aliphatic heterocycles. The first-order valence-electron chi connectivity index (χ1n) is 9.10. The number of amides is 2. The standard InChI is InChI=1S/C21H17N3O6/c25-17-6-5-15(11-23(17)12-19(27)28)22-21(29)20-14(7-8-30-20)10-24-16-4-2-1-3-13(16)9-18(24)26/h1-8,11H,9-10,12H2,(H,22,29)(H,27,28). The van der Waals surface area contributed by atoms with E-state index in [-0.39, 0.29) is 23.9 Å². The van der Waals surface area contributed by atoms with Crippen LogP contribution in [0.5, 0.6) is 0 Å². The van der Waals surface area contributed by atoms with Gasteiger partial charge in [0.05, 0.1) is 24.9 Å². The summed E-state index contributed by atoms with van der Waals surface area (Å²) in [5.41, 5.74) is 2.00. The van der Waals surface area contributed by atoms with Gasteiger partial charge in [-0.1, -0.05) is 18.2 Å². The van der Waals surface area contributed by atoms with Crippen LogP contribution in [0.2, 0.25) is 0 Å². The van der Waals surface area contributed by atoms with Gasteiger partial charge in [0.25, 0.3) is 11.5 Å². The number of furan rings is 1. The normalized spacial score (nSPS) is 12.7. The maximum absolute atomic E-state index is 12.7. The SMILES string of the molecule is O=C(O)Cn1cc(NC(=O)c2occc2CN2C(=O)Cc3ccccc32)ccc1=O. The Bertz CT molecular complexity index is 1210. The molecule has 0 spiro atoms. The van der Waals surface area contributed by atoms with Crippen molar-refractivity contribution < 1.29 is 23.9 Å². The highest BCUT2D eigenvalue weighted by atomic mass is 16.4. The molecule has 2 aromatic heterocycles. The Morgan fingerprint density at radius 3 is 2.70 bits per heavy atom. The monoisotopic (exact) mass is 407 g/mol. The van der Waals surface area contributed by atoms with Crippen LogP contribution < -0.4 is 15.8 Å². The maximum Gasteiger partial charge on any atom is 0.323 e. The molecule has 0 saturated heterocycles. The highest BCUT2D eigenvalue weighted by Crippen LogP contribution is 2.30.